The largest absolute Gasteiger partial charge is 0.399 e. The second-order valence-corrected chi connectivity index (χ2v) is 9.32. The first-order valence-electron chi connectivity index (χ1n) is 9.98. The predicted molar refractivity (Wildman–Crippen MR) is 135 cm³/mol. The number of hydrogen-bond acceptors (Lipinski definition) is 2. The Morgan fingerprint density at radius 2 is 1.73 bits per heavy atom. The fourth-order valence-electron chi connectivity index (χ4n) is 3.42. The van der Waals surface area contributed by atoms with E-state index in [0.29, 0.717) is 17.1 Å². The van der Waals surface area contributed by atoms with E-state index >= 15 is 0 Å². The minimum atomic E-state index is -4.49. The van der Waals surface area contributed by atoms with Gasteiger partial charge in [-0.05, 0) is 71.8 Å². The molecular weight excluding hydrogens is 510 g/mol. The van der Waals surface area contributed by atoms with Gasteiger partial charge in [0.1, 0.15) is 5.15 Å². The van der Waals surface area contributed by atoms with Crippen molar-refractivity contribution in [2.45, 2.75) is 31.9 Å². The minimum Gasteiger partial charge on any atom is -0.244 e. The molecule has 1 nitrogen and oxygen atoms in total. The number of nitrogens with zero attached hydrogens (tertiary/aromatic N) is 1. The summed E-state index contributed by atoms with van der Waals surface area (Å²) in [6.07, 6.45) is 1.17. The monoisotopic (exact) mass is 527 g/mol. The highest BCUT2D eigenvalue weighted by molar-refractivity contribution is 7.80. The third-order valence-electron chi connectivity index (χ3n) is 5.06. The van der Waals surface area contributed by atoms with Crippen molar-refractivity contribution in [3.05, 3.63) is 104 Å². The van der Waals surface area contributed by atoms with Gasteiger partial charge in [0.2, 0.25) is 0 Å². The van der Waals surface area contributed by atoms with Crippen molar-refractivity contribution in [2.24, 2.45) is 0 Å². The molecular formula is C25H19Cl3F3NS. The average molecular weight is 529 g/mol. The Labute approximate surface area is 211 Å². The van der Waals surface area contributed by atoms with Crippen LogP contribution >= 0.6 is 47.0 Å². The van der Waals surface area contributed by atoms with Crippen LogP contribution in [0.3, 0.4) is 0 Å². The van der Waals surface area contributed by atoms with Crippen LogP contribution in [-0.2, 0) is 6.42 Å². The van der Waals surface area contributed by atoms with Crippen LogP contribution in [0.25, 0.3) is 6.08 Å². The van der Waals surface area contributed by atoms with Crippen LogP contribution in [0, 0.1) is 6.92 Å². The fraction of sp³-hybridized carbons (Fsp3) is 0.200. The van der Waals surface area contributed by atoms with Gasteiger partial charge in [-0.25, -0.2) is 4.98 Å². The lowest BCUT2D eigenvalue weighted by Gasteiger charge is -2.18. The molecule has 0 fully saturated rings. The van der Waals surface area contributed by atoms with Gasteiger partial charge in [-0.15, -0.1) is 0 Å². The van der Waals surface area contributed by atoms with Crippen molar-refractivity contribution in [3.63, 3.8) is 0 Å². The number of pyridine rings is 1. The zero-order valence-corrected chi connectivity index (χ0v) is 20.5. The average Bonchev–Trinajstić information content (AvgIpc) is 2.71. The lowest BCUT2D eigenvalue weighted by atomic mass is 9.95. The van der Waals surface area contributed by atoms with Gasteiger partial charge in [0.05, 0.1) is 5.92 Å². The van der Waals surface area contributed by atoms with E-state index in [1.54, 1.807) is 18.3 Å². The van der Waals surface area contributed by atoms with E-state index in [2.05, 4.69) is 4.98 Å². The highest BCUT2D eigenvalue weighted by atomic mass is 35.5. The number of rotatable bonds is 7. The maximum atomic E-state index is 13.7. The van der Waals surface area contributed by atoms with Gasteiger partial charge in [-0.3, -0.25) is 0 Å². The molecule has 1 atom stereocenters. The Morgan fingerprint density at radius 3 is 2.30 bits per heavy atom. The molecule has 33 heavy (non-hydrogen) atoms. The highest BCUT2D eigenvalue weighted by Crippen LogP contribution is 2.38. The standard InChI is InChI=1S/C25H19Cl3F3NS/c1-15-10-16(2-6-21(15)23(33)8-4-17-5-9-24(28)32-14-17)3-7-22(25(29,30)31)18-11-19(26)13-20(27)12-18/h2-3,5-7,9-14,22H,4,8H2,1H3/b7-3+. The van der Waals surface area contributed by atoms with Crippen LogP contribution in [0.5, 0.6) is 0 Å². The fourth-order valence-corrected chi connectivity index (χ4v) is 4.41. The number of halogens is 6. The molecule has 8 heteroatoms. The first-order valence-corrected chi connectivity index (χ1v) is 11.5. The molecule has 0 bridgehead atoms. The Kier molecular flexibility index (Phi) is 8.57. The summed E-state index contributed by atoms with van der Waals surface area (Å²) < 4.78 is 41.1. The molecule has 1 unspecified atom stereocenters. The smallest absolute Gasteiger partial charge is 0.244 e. The minimum absolute atomic E-state index is 0.0116. The third-order valence-corrected chi connectivity index (χ3v) is 6.14. The zero-order valence-electron chi connectivity index (χ0n) is 17.5. The molecule has 3 rings (SSSR count). The van der Waals surface area contributed by atoms with Crippen molar-refractivity contribution in [1.82, 2.24) is 4.98 Å². The summed E-state index contributed by atoms with van der Waals surface area (Å²) in [6, 6.07) is 13.0. The van der Waals surface area contributed by atoms with Crippen LogP contribution in [0.15, 0.2) is 60.8 Å². The number of aromatic nitrogens is 1. The molecule has 1 heterocycles. The molecule has 0 aliphatic heterocycles. The molecule has 0 aliphatic rings. The van der Waals surface area contributed by atoms with Gasteiger partial charge in [0.25, 0.3) is 0 Å². The molecule has 0 spiro atoms. The number of allylic oxidation sites excluding steroid dienone is 1. The summed E-state index contributed by atoms with van der Waals surface area (Å²) in [5, 5.41) is 0.749. The van der Waals surface area contributed by atoms with E-state index in [0.717, 1.165) is 34.1 Å². The lowest BCUT2D eigenvalue weighted by molar-refractivity contribution is -0.139. The second kappa shape index (κ2) is 11.0. The predicted octanol–water partition coefficient (Wildman–Crippen LogP) is 9.06. The molecule has 3 aromatic rings. The van der Waals surface area contributed by atoms with Crippen molar-refractivity contribution in [2.75, 3.05) is 0 Å². The maximum Gasteiger partial charge on any atom is 0.399 e. The van der Waals surface area contributed by atoms with Crippen LogP contribution in [0.1, 0.15) is 40.2 Å². The topological polar surface area (TPSA) is 12.9 Å². The van der Waals surface area contributed by atoms with E-state index in [9.17, 15) is 13.2 Å². The molecule has 172 valence electrons. The van der Waals surface area contributed by atoms with E-state index < -0.39 is 12.1 Å². The zero-order chi connectivity index (χ0) is 24.2. The summed E-state index contributed by atoms with van der Waals surface area (Å²) in [6.45, 7) is 1.89. The molecule has 0 saturated heterocycles. The van der Waals surface area contributed by atoms with E-state index in [-0.39, 0.29) is 15.6 Å². The Bertz CT molecular complexity index is 1150. The van der Waals surface area contributed by atoms with E-state index in [1.807, 2.05) is 25.1 Å². The van der Waals surface area contributed by atoms with Crippen LogP contribution in [0.2, 0.25) is 15.2 Å². The van der Waals surface area contributed by atoms with Crippen molar-refractivity contribution >= 4 is 58.0 Å². The van der Waals surface area contributed by atoms with Crippen LogP contribution in [0.4, 0.5) is 13.2 Å². The first kappa shape index (κ1) is 25.7. The van der Waals surface area contributed by atoms with Crippen molar-refractivity contribution in [3.8, 4) is 0 Å². The molecule has 0 saturated carbocycles. The second-order valence-electron chi connectivity index (χ2n) is 7.57. The Balaban J connectivity index is 1.76. The van der Waals surface area contributed by atoms with E-state index in [4.69, 9.17) is 47.0 Å². The maximum absolute atomic E-state index is 13.7. The summed E-state index contributed by atoms with van der Waals surface area (Å²) in [5.41, 5.74) is 3.45. The summed E-state index contributed by atoms with van der Waals surface area (Å²) in [4.78, 5) is 4.84. The lowest BCUT2D eigenvalue weighted by Crippen LogP contribution is -2.18. The number of hydrogen-bond donors (Lipinski definition) is 0. The van der Waals surface area contributed by atoms with Gasteiger partial charge >= 0.3 is 6.18 Å². The number of benzene rings is 2. The van der Waals surface area contributed by atoms with Crippen LogP contribution < -0.4 is 0 Å². The molecule has 2 aromatic carbocycles. The Hall–Kier alpha value is -1.92. The Morgan fingerprint density at radius 1 is 1.03 bits per heavy atom. The normalized spacial score (nSPS) is 12.8. The van der Waals surface area contributed by atoms with Crippen molar-refractivity contribution in [1.29, 1.82) is 0 Å². The SMILES string of the molecule is Cc1cc(/C=C/C(c2cc(Cl)cc(Cl)c2)C(F)(F)F)ccc1C(=S)CCc1ccc(Cl)nc1. The van der Waals surface area contributed by atoms with Gasteiger partial charge in [-0.2, -0.15) is 13.2 Å². The van der Waals surface area contributed by atoms with Crippen molar-refractivity contribution < 1.29 is 13.2 Å². The summed E-state index contributed by atoms with van der Waals surface area (Å²) in [7, 11) is 0. The van der Waals surface area contributed by atoms with Gasteiger partial charge in [0, 0.05) is 21.1 Å². The number of thiocarbonyl (C=S) groups is 1. The van der Waals surface area contributed by atoms with Gasteiger partial charge in [0.15, 0.2) is 0 Å². The van der Waals surface area contributed by atoms with Crippen LogP contribution in [-0.4, -0.2) is 16.0 Å². The molecule has 0 N–H and O–H groups in total. The number of aryl methyl sites for hydroxylation is 2. The first-order chi connectivity index (χ1) is 15.5. The third kappa shape index (κ3) is 7.28. The summed E-state index contributed by atoms with van der Waals surface area (Å²) >= 11 is 23.2. The quantitative estimate of drug-likeness (QED) is 0.172. The number of alkyl halides is 3. The van der Waals surface area contributed by atoms with Gasteiger partial charge in [-0.1, -0.05) is 83.4 Å². The molecule has 1 aromatic heterocycles. The van der Waals surface area contributed by atoms with E-state index in [1.165, 1.54) is 24.3 Å². The molecule has 0 radical (unpaired) electrons. The molecule has 0 amide bonds. The highest BCUT2D eigenvalue weighted by Gasteiger charge is 2.39. The molecule has 0 aliphatic carbocycles. The van der Waals surface area contributed by atoms with Gasteiger partial charge < -0.3 is 0 Å². The summed E-state index contributed by atoms with van der Waals surface area (Å²) in [5.74, 6) is -1.83.